The van der Waals surface area contributed by atoms with Gasteiger partial charge in [-0.2, -0.15) is 5.12 Å². The predicted molar refractivity (Wildman–Crippen MR) is 69.1 cm³/mol. The minimum Gasteiger partial charge on any atom is -0.236 e. The van der Waals surface area contributed by atoms with Gasteiger partial charge in [-0.3, -0.25) is 0 Å². The summed E-state index contributed by atoms with van der Waals surface area (Å²) in [4.78, 5) is 7.61. The zero-order chi connectivity index (χ0) is 14.1. The molecule has 1 heterocycles. The monoisotopic (exact) mass is 275 g/mol. The molecule has 0 atom stereocenters. The van der Waals surface area contributed by atoms with Gasteiger partial charge in [-0.15, -0.1) is 0 Å². The summed E-state index contributed by atoms with van der Waals surface area (Å²) in [5.41, 5.74) is 0.365. The quantitative estimate of drug-likeness (QED) is 0.663. The summed E-state index contributed by atoms with van der Waals surface area (Å²) in [5, 5.41) is 0.402. The third-order valence-electron chi connectivity index (χ3n) is 2.83. The molecule has 0 aliphatic carbocycles. The topological polar surface area (TPSA) is 29.0 Å². The van der Waals surface area contributed by atoms with E-state index in [1.807, 2.05) is 0 Å². The minimum atomic E-state index is -1.07. The van der Waals surface area contributed by atoms with E-state index in [0.29, 0.717) is 5.12 Å². The van der Waals surface area contributed by atoms with Gasteiger partial charge in [0.15, 0.2) is 17.5 Å². The summed E-state index contributed by atoms with van der Waals surface area (Å²) in [5.74, 6) is -2.25. The van der Waals surface area contributed by atoms with Crippen LogP contribution in [-0.2, 0) is 0 Å². The maximum Gasteiger partial charge on any atom is 0.174 e. The van der Waals surface area contributed by atoms with Gasteiger partial charge in [0.1, 0.15) is 6.33 Å². The second-order valence-electron chi connectivity index (χ2n) is 4.10. The fraction of sp³-hybridized carbons (Fsp3) is 0. The molecule has 0 amide bonds. The van der Waals surface area contributed by atoms with E-state index in [-0.39, 0.29) is 22.4 Å². The molecule has 2 aromatic carbocycles. The van der Waals surface area contributed by atoms with Crippen LogP contribution in [0.25, 0.3) is 10.9 Å². The zero-order valence-corrected chi connectivity index (χ0v) is 10.1. The second kappa shape index (κ2) is 4.80. The highest BCUT2D eigenvalue weighted by Crippen LogP contribution is 2.30. The molecule has 0 radical (unpaired) electrons. The van der Waals surface area contributed by atoms with Gasteiger partial charge in [0.2, 0.25) is 0 Å². The Kier molecular flexibility index (Phi) is 2.98. The Balaban J connectivity index is 2.19. The van der Waals surface area contributed by atoms with Crippen molar-refractivity contribution < 1.29 is 13.3 Å². The number of benzene rings is 2. The van der Waals surface area contributed by atoms with E-state index in [1.165, 1.54) is 12.1 Å². The van der Waals surface area contributed by atoms with Gasteiger partial charge in [-0.05, 0) is 18.2 Å². The SMILES string of the molecule is Fc1cc2ncnc(N(F)c3ccccc3)c2cc1F. The van der Waals surface area contributed by atoms with Crippen molar-refractivity contribution >= 4 is 22.4 Å². The lowest BCUT2D eigenvalue weighted by Gasteiger charge is -2.14. The van der Waals surface area contributed by atoms with E-state index in [0.717, 1.165) is 18.5 Å². The van der Waals surface area contributed by atoms with Crippen LogP contribution in [0, 0.1) is 11.6 Å². The van der Waals surface area contributed by atoms with Gasteiger partial charge in [-0.25, -0.2) is 18.7 Å². The van der Waals surface area contributed by atoms with Crippen molar-refractivity contribution in [1.29, 1.82) is 0 Å². The van der Waals surface area contributed by atoms with E-state index in [4.69, 9.17) is 0 Å². The van der Waals surface area contributed by atoms with Crippen molar-refractivity contribution in [3.63, 3.8) is 0 Å². The van der Waals surface area contributed by atoms with Crippen LogP contribution < -0.4 is 5.12 Å². The molecular formula is C14H8F3N3. The fourth-order valence-corrected chi connectivity index (χ4v) is 1.88. The fourth-order valence-electron chi connectivity index (χ4n) is 1.88. The first kappa shape index (κ1) is 12.4. The maximum absolute atomic E-state index is 14.4. The first-order chi connectivity index (χ1) is 9.66. The molecule has 100 valence electrons. The standard InChI is InChI=1S/C14H8F3N3/c15-11-6-10-13(7-12(11)16)18-8-19-14(10)20(17)9-4-2-1-3-5-9/h1-8H. The molecule has 0 bridgehead atoms. The van der Waals surface area contributed by atoms with Crippen LogP contribution in [0.4, 0.5) is 24.8 Å². The van der Waals surface area contributed by atoms with Crippen molar-refractivity contribution in [2.75, 3.05) is 5.12 Å². The smallest absolute Gasteiger partial charge is 0.174 e. The number of aromatic nitrogens is 2. The van der Waals surface area contributed by atoms with Crippen molar-refractivity contribution in [3.8, 4) is 0 Å². The third kappa shape index (κ3) is 2.05. The van der Waals surface area contributed by atoms with E-state index < -0.39 is 11.6 Å². The molecule has 0 aliphatic heterocycles. The molecule has 0 aliphatic rings. The van der Waals surface area contributed by atoms with Gasteiger partial charge in [0, 0.05) is 11.5 Å². The van der Waals surface area contributed by atoms with Gasteiger partial charge in [0.25, 0.3) is 0 Å². The number of para-hydroxylation sites is 1. The molecular weight excluding hydrogens is 267 g/mol. The molecule has 0 spiro atoms. The van der Waals surface area contributed by atoms with Crippen LogP contribution >= 0.6 is 0 Å². The molecule has 1 aromatic heterocycles. The Morgan fingerprint density at radius 3 is 2.35 bits per heavy atom. The molecule has 20 heavy (non-hydrogen) atoms. The normalized spacial score (nSPS) is 10.8. The number of nitrogens with zero attached hydrogens (tertiary/aromatic N) is 3. The molecule has 3 rings (SSSR count). The number of rotatable bonds is 2. The summed E-state index contributed by atoms with van der Waals surface area (Å²) < 4.78 is 40.8. The van der Waals surface area contributed by atoms with E-state index in [1.54, 1.807) is 18.2 Å². The molecule has 3 nitrogen and oxygen atoms in total. The van der Waals surface area contributed by atoms with Crippen molar-refractivity contribution in [1.82, 2.24) is 9.97 Å². The summed E-state index contributed by atoms with van der Waals surface area (Å²) in [7, 11) is 0. The summed E-state index contributed by atoms with van der Waals surface area (Å²) in [6, 6.07) is 9.92. The van der Waals surface area contributed by atoms with Crippen LogP contribution in [0.15, 0.2) is 48.8 Å². The molecule has 0 unspecified atom stereocenters. The first-order valence-corrected chi connectivity index (χ1v) is 5.77. The average molecular weight is 275 g/mol. The van der Waals surface area contributed by atoms with E-state index in [9.17, 15) is 13.3 Å². The van der Waals surface area contributed by atoms with Gasteiger partial charge >= 0.3 is 0 Å². The van der Waals surface area contributed by atoms with Crippen LogP contribution in [-0.4, -0.2) is 9.97 Å². The molecule has 0 fully saturated rings. The van der Waals surface area contributed by atoms with E-state index in [2.05, 4.69) is 9.97 Å². The highest BCUT2D eigenvalue weighted by Gasteiger charge is 2.16. The first-order valence-electron chi connectivity index (χ1n) is 5.77. The number of anilines is 2. The Morgan fingerprint density at radius 2 is 1.60 bits per heavy atom. The van der Waals surface area contributed by atoms with Crippen LogP contribution in [0.5, 0.6) is 0 Å². The molecule has 0 N–H and O–H groups in total. The van der Waals surface area contributed by atoms with E-state index >= 15 is 0 Å². The van der Waals surface area contributed by atoms with Crippen LogP contribution in [0.1, 0.15) is 0 Å². The largest absolute Gasteiger partial charge is 0.236 e. The third-order valence-corrected chi connectivity index (χ3v) is 2.83. The Bertz CT molecular complexity index is 762. The van der Waals surface area contributed by atoms with Crippen molar-refractivity contribution in [3.05, 3.63) is 60.4 Å². The number of halogens is 3. The molecule has 6 heteroatoms. The highest BCUT2D eigenvalue weighted by atomic mass is 19.2. The summed E-state index contributed by atoms with van der Waals surface area (Å²) >= 11 is 0. The number of hydrogen-bond donors (Lipinski definition) is 0. The molecule has 0 saturated carbocycles. The Hall–Kier alpha value is -2.63. The predicted octanol–water partition coefficient (Wildman–Crippen LogP) is 3.93. The van der Waals surface area contributed by atoms with Crippen LogP contribution in [0.2, 0.25) is 0 Å². The Morgan fingerprint density at radius 1 is 0.900 bits per heavy atom. The lowest BCUT2D eigenvalue weighted by atomic mass is 10.2. The average Bonchev–Trinajstić information content (AvgIpc) is 2.48. The summed E-state index contributed by atoms with van der Waals surface area (Å²) in [6.07, 6.45) is 1.10. The van der Waals surface area contributed by atoms with Crippen LogP contribution in [0.3, 0.4) is 0 Å². The van der Waals surface area contributed by atoms with Gasteiger partial charge < -0.3 is 0 Å². The van der Waals surface area contributed by atoms with Crippen molar-refractivity contribution in [2.24, 2.45) is 0 Å². The Labute approximate surface area is 112 Å². The second-order valence-corrected chi connectivity index (χ2v) is 4.10. The number of hydrogen-bond acceptors (Lipinski definition) is 3. The highest BCUT2D eigenvalue weighted by molar-refractivity contribution is 5.90. The zero-order valence-electron chi connectivity index (χ0n) is 10.1. The molecule has 3 aromatic rings. The lowest BCUT2D eigenvalue weighted by Crippen LogP contribution is -2.07. The van der Waals surface area contributed by atoms with Gasteiger partial charge in [0.05, 0.1) is 11.2 Å². The molecule has 0 saturated heterocycles. The van der Waals surface area contributed by atoms with Crippen molar-refractivity contribution in [2.45, 2.75) is 0 Å². The number of fused-ring (bicyclic) bond motifs is 1. The maximum atomic E-state index is 14.4. The minimum absolute atomic E-state index is 0.0951. The lowest BCUT2D eigenvalue weighted by molar-refractivity contribution is 0.499. The van der Waals surface area contributed by atoms with Gasteiger partial charge in [-0.1, -0.05) is 22.7 Å². The summed E-state index contributed by atoms with van der Waals surface area (Å²) in [6.45, 7) is 0.